The molecule has 1 atom stereocenters. The Morgan fingerprint density at radius 2 is 2.06 bits per heavy atom. The summed E-state index contributed by atoms with van der Waals surface area (Å²) in [6, 6.07) is 7.77. The number of nitrogens with one attached hydrogen (secondary N) is 1. The van der Waals surface area contributed by atoms with Crippen molar-refractivity contribution in [2.45, 2.75) is 40.2 Å². The van der Waals surface area contributed by atoms with Gasteiger partial charge in [-0.2, -0.15) is 5.26 Å². The molecular weight excluding hydrogens is 224 g/mol. The molecule has 0 aliphatic carbocycles. The summed E-state index contributed by atoms with van der Waals surface area (Å²) in [6.45, 7) is 8.73. The lowest BCUT2D eigenvalue weighted by molar-refractivity contribution is 0.132. The number of nitriles is 1. The fraction of sp³-hybridized carbons (Fsp3) is 0.533. The zero-order valence-electron chi connectivity index (χ0n) is 11.6. The molecule has 2 N–H and O–H groups in total. The molecule has 3 nitrogen and oxygen atoms in total. The lowest BCUT2D eigenvalue weighted by atomic mass is 9.89. The van der Waals surface area contributed by atoms with Gasteiger partial charge in [-0.1, -0.05) is 32.9 Å². The molecule has 0 bridgehead atoms. The lowest BCUT2D eigenvalue weighted by Gasteiger charge is -2.23. The van der Waals surface area contributed by atoms with E-state index in [1.165, 1.54) is 0 Å². The van der Waals surface area contributed by atoms with Crippen LogP contribution in [0.4, 0.5) is 5.69 Å². The van der Waals surface area contributed by atoms with Gasteiger partial charge in [0.2, 0.25) is 0 Å². The van der Waals surface area contributed by atoms with Crippen LogP contribution in [0, 0.1) is 23.7 Å². The van der Waals surface area contributed by atoms with Crippen molar-refractivity contribution in [3.05, 3.63) is 29.3 Å². The van der Waals surface area contributed by atoms with Crippen molar-refractivity contribution in [2.75, 3.05) is 11.9 Å². The van der Waals surface area contributed by atoms with Gasteiger partial charge in [-0.15, -0.1) is 0 Å². The molecule has 18 heavy (non-hydrogen) atoms. The van der Waals surface area contributed by atoms with E-state index in [0.717, 1.165) is 17.7 Å². The lowest BCUT2D eigenvalue weighted by Crippen LogP contribution is -2.25. The van der Waals surface area contributed by atoms with Crippen LogP contribution < -0.4 is 5.32 Å². The predicted molar refractivity (Wildman–Crippen MR) is 74.5 cm³/mol. The second-order valence-electron chi connectivity index (χ2n) is 5.91. The third kappa shape index (κ3) is 4.38. The Morgan fingerprint density at radius 3 is 2.61 bits per heavy atom. The van der Waals surface area contributed by atoms with Crippen molar-refractivity contribution in [1.82, 2.24) is 0 Å². The van der Waals surface area contributed by atoms with Crippen LogP contribution in [0.2, 0.25) is 0 Å². The summed E-state index contributed by atoms with van der Waals surface area (Å²) >= 11 is 0. The standard InChI is InChI=1S/C15H22N2O/c1-11-6-5-7-12(9-16)14(11)17-10-13(18)8-15(2,3)4/h5-7,13,17-18H,8,10H2,1-4H3. The van der Waals surface area contributed by atoms with Crippen LogP contribution in [0.5, 0.6) is 0 Å². The molecule has 0 heterocycles. The molecule has 0 aliphatic rings. The summed E-state index contributed by atoms with van der Waals surface area (Å²) in [5.41, 5.74) is 2.58. The summed E-state index contributed by atoms with van der Waals surface area (Å²) in [6.07, 6.45) is 0.324. The maximum Gasteiger partial charge on any atom is 0.101 e. The minimum absolute atomic E-state index is 0.102. The molecule has 3 heteroatoms. The van der Waals surface area contributed by atoms with E-state index in [2.05, 4.69) is 32.2 Å². The van der Waals surface area contributed by atoms with Crippen molar-refractivity contribution in [2.24, 2.45) is 5.41 Å². The minimum Gasteiger partial charge on any atom is -0.391 e. The van der Waals surface area contributed by atoms with Crippen LogP contribution in [-0.4, -0.2) is 17.8 Å². The molecule has 0 aromatic heterocycles. The van der Waals surface area contributed by atoms with E-state index < -0.39 is 6.10 Å². The van der Waals surface area contributed by atoms with Crippen molar-refractivity contribution in [3.63, 3.8) is 0 Å². The summed E-state index contributed by atoms with van der Waals surface area (Å²) in [7, 11) is 0. The van der Waals surface area contributed by atoms with Gasteiger partial charge in [0.25, 0.3) is 0 Å². The summed E-state index contributed by atoms with van der Waals surface area (Å²) in [4.78, 5) is 0. The first kappa shape index (κ1) is 14.5. The molecule has 0 spiro atoms. The number of aliphatic hydroxyl groups excluding tert-OH is 1. The highest BCUT2D eigenvalue weighted by Crippen LogP contribution is 2.23. The largest absolute Gasteiger partial charge is 0.391 e. The molecule has 1 unspecified atom stereocenters. The third-order valence-corrected chi connectivity index (χ3v) is 2.76. The van der Waals surface area contributed by atoms with Crippen molar-refractivity contribution in [1.29, 1.82) is 5.26 Å². The van der Waals surface area contributed by atoms with Crippen LogP contribution in [0.3, 0.4) is 0 Å². The maximum atomic E-state index is 9.96. The molecular formula is C15H22N2O. The average molecular weight is 246 g/mol. The van der Waals surface area contributed by atoms with Crippen LogP contribution in [0.1, 0.15) is 38.3 Å². The highest BCUT2D eigenvalue weighted by Gasteiger charge is 2.17. The van der Waals surface area contributed by atoms with E-state index in [4.69, 9.17) is 5.26 Å². The van der Waals surface area contributed by atoms with Gasteiger partial charge < -0.3 is 10.4 Å². The summed E-state index contributed by atoms with van der Waals surface area (Å²) in [5.74, 6) is 0. The van der Waals surface area contributed by atoms with E-state index in [1.54, 1.807) is 6.07 Å². The van der Waals surface area contributed by atoms with Crippen molar-refractivity contribution < 1.29 is 5.11 Å². The quantitative estimate of drug-likeness (QED) is 0.858. The van der Waals surface area contributed by atoms with Gasteiger partial charge in [-0.25, -0.2) is 0 Å². The molecule has 0 fully saturated rings. The van der Waals surface area contributed by atoms with E-state index in [1.807, 2.05) is 19.1 Å². The Hall–Kier alpha value is -1.53. The number of anilines is 1. The number of para-hydroxylation sites is 1. The topological polar surface area (TPSA) is 56.0 Å². The smallest absolute Gasteiger partial charge is 0.101 e. The molecule has 0 saturated carbocycles. The van der Waals surface area contributed by atoms with Gasteiger partial charge in [0.05, 0.1) is 17.4 Å². The van der Waals surface area contributed by atoms with E-state index in [0.29, 0.717) is 12.1 Å². The van der Waals surface area contributed by atoms with Gasteiger partial charge in [-0.05, 0) is 30.4 Å². The van der Waals surface area contributed by atoms with Gasteiger partial charge in [0.15, 0.2) is 0 Å². The molecule has 0 saturated heterocycles. The first-order valence-corrected chi connectivity index (χ1v) is 6.25. The predicted octanol–water partition coefficient (Wildman–Crippen LogP) is 3.08. The number of hydrogen-bond donors (Lipinski definition) is 2. The van der Waals surface area contributed by atoms with E-state index in [9.17, 15) is 5.11 Å². The first-order chi connectivity index (χ1) is 8.33. The van der Waals surface area contributed by atoms with Crippen LogP contribution in [0.25, 0.3) is 0 Å². The molecule has 0 aliphatic heterocycles. The average Bonchev–Trinajstić information content (AvgIpc) is 2.24. The highest BCUT2D eigenvalue weighted by atomic mass is 16.3. The summed E-state index contributed by atoms with van der Waals surface area (Å²) in [5, 5.41) is 22.2. The molecule has 1 aromatic carbocycles. The SMILES string of the molecule is Cc1cccc(C#N)c1NCC(O)CC(C)(C)C. The van der Waals surface area contributed by atoms with Crippen LogP contribution in [0.15, 0.2) is 18.2 Å². The van der Waals surface area contributed by atoms with Crippen molar-refractivity contribution >= 4 is 5.69 Å². The maximum absolute atomic E-state index is 9.96. The molecule has 0 amide bonds. The Labute approximate surface area is 109 Å². The molecule has 98 valence electrons. The summed E-state index contributed by atoms with van der Waals surface area (Å²) < 4.78 is 0. The van der Waals surface area contributed by atoms with Crippen LogP contribution in [-0.2, 0) is 0 Å². The highest BCUT2D eigenvalue weighted by molar-refractivity contribution is 5.62. The van der Waals surface area contributed by atoms with Crippen molar-refractivity contribution in [3.8, 4) is 6.07 Å². The number of nitrogens with zero attached hydrogens (tertiary/aromatic N) is 1. The third-order valence-electron chi connectivity index (χ3n) is 2.76. The first-order valence-electron chi connectivity index (χ1n) is 6.25. The second kappa shape index (κ2) is 5.88. The van der Waals surface area contributed by atoms with Gasteiger partial charge in [0, 0.05) is 6.54 Å². The number of hydrogen-bond acceptors (Lipinski definition) is 3. The van der Waals surface area contributed by atoms with Gasteiger partial charge in [-0.3, -0.25) is 0 Å². The Bertz CT molecular complexity index is 441. The number of aryl methyl sites for hydroxylation is 1. The molecule has 1 aromatic rings. The molecule has 1 rings (SSSR count). The second-order valence-corrected chi connectivity index (χ2v) is 5.91. The number of benzene rings is 1. The Morgan fingerprint density at radius 1 is 1.39 bits per heavy atom. The number of rotatable bonds is 4. The monoisotopic (exact) mass is 246 g/mol. The Balaban J connectivity index is 2.67. The minimum atomic E-state index is -0.406. The van der Waals surface area contributed by atoms with Gasteiger partial charge in [0.1, 0.15) is 6.07 Å². The van der Waals surface area contributed by atoms with Gasteiger partial charge >= 0.3 is 0 Å². The zero-order valence-corrected chi connectivity index (χ0v) is 11.6. The zero-order chi connectivity index (χ0) is 13.8. The fourth-order valence-corrected chi connectivity index (χ4v) is 1.99. The number of aliphatic hydroxyl groups is 1. The fourth-order valence-electron chi connectivity index (χ4n) is 1.99. The van der Waals surface area contributed by atoms with E-state index in [-0.39, 0.29) is 5.41 Å². The van der Waals surface area contributed by atoms with E-state index >= 15 is 0 Å². The van der Waals surface area contributed by atoms with Crippen LogP contribution >= 0.6 is 0 Å². The molecule has 0 radical (unpaired) electrons. The normalized spacial score (nSPS) is 12.9. The Kier molecular flexibility index (Phi) is 4.75.